The van der Waals surface area contributed by atoms with Crippen molar-refractivity contribution >= 4 is 55.1 Å². The van der Waals surface area contributed by atoms with Crippen LogP contribution in [0.1, 0.15) is 17.3 Å². The number of hydrogen-bond donors (Lipinski definition) is 0. The molecule has 0 fully saturated rings. The van der Waals surface area contributed by atoms with Gasteiger partial charge >= 0.3 is 11.9 Å². The van der Waals surface area contributed by atoms with Gasteiger partial charge in [0.05, 0.1) is 34.4 Å². The molecule has 8 nitrogen and oxygen atoms in total. The Hall–Kier alpha value is -2.69. The molecule has 0 bridgehead atoms. The van der Waals surface area contributed by atoms with Gasteiger partial charge in [-0.25, -0.2) is 4.79 Å². The largest absolute Gasteiger partial charge is 0.465 e. The summed E-state index contributed by atoms with van der Waals surface area (Å²) < 4.78 is 41.2. The Morgan fingerprint density at radius 2 is 1.87 bits per heavy atom. The summed E-state index contributed by atoms with van der Waals surface area (Å²) in [5.41, 5.74) is 0.826. The lowest BCUT2D eigenvalue weighted by molar-refractivity contribution is -0.143. The van der Waals surface area contributed by atoms with Crippen molar-refractivity contribution in [3.63, 3.8) is 0 Å². The predicted octanol–water partition coefficient (Wildman–Crippen LogP) is 3.00. The van der Waals surface area contributed by atoms with Gasteiger partial charge in [0.1, 0.15) is 6.54 Å². The fraction of sp³-hybridized carbons (Fsp3) is 0.211. The fourth-order valence-corrected chi connectivity index (χ4v) is 5.04. The van der Waals surface area contributed by atoms with Crippen molar-refractivity contribution in [1.29, 1.82) is 0 Å². The van der Waals surface area contributed by atoms with Crippen LogP contribution in [0.3, 0.4) is 0 Å². The van der Waals surface area contributed by atoms with Crippen molar-refractivity contribution in [2.45, 2.75) is 18.4 Å². The zero-order valence-electron chi connectivity index (χ0n) is 16.0. The molecule has 0 saturated carbocycles. The highest BCUT2D eigenvalue weighted by molar-refractivity contribution is 7.90. The molecule has 0 spiro atoms. The molecule has 0 aliphatic carbocycles. The molecular formula is C19H17ClN2O6S2. The van der Waals surface area contributed by atoms with Crippen LogP contribution in [-0.4, -0.2) is 38.6 Å². The number of esters is 2. The average molecular weight is 469 g/mol. The number of carbonyl (C=O) groups excluding carboxylic acids is 2. The molecule has 0 N–H and O–H groups in total. The zero-order valence-corrected chi connectivity index (χ0v) is 18.4. The molecule has 0 radical (unpaired) electrons. The number of rotatable bonds is 6. The Morgan fingerprint density at radius 3 is 2.50 bits per heavy atom. The molecule has 3 rings (SSSR count). The zero-order chi connectivity index (χ0) is 21.9. The number of halogens is 1. The van der Waals surface area contributed by atoms with Crippen LogP contribution < -0.4 is 4.80 Å². The number of hydrogen-bond acceptors (Lipinski definition) is 7. The number of thiazole rings is 1. The van der Waals surface area contributed by atoms with Crippen molar-refractivity contribution in [3.8, 4) is 0 Å². The van der Waals surface area contributed by atoms with E-state index in [1.54, 1.807) is 19.1 Å². The standard InChI is InChI=1S/C19H17ClN2O6S2/c1-3-28-17(23)11-22-15-9-4-12(18(24)27-2)10-16(15)29-19(22)21-30(25,26)14-7-5-13(20)6-8-14/h4-10H,3,11H2,1-2H3. The van der Waals surface area contributed by atoms with Crippen molar-refractivity contribution in [2.75, 3.05) is 13.7 Å². The first-order chi connectivity index (χ1) is 14.2. The number of aromatic nitrogens is 1. The Balaban J connectivity index is 2.20. The van der Waals surface area contributed by atoms with Crippen LogP contribution in [0.15, 0.2) is 51.8 Å². The summed E-state index contributed by atoms with van der Waals surface area (Å²) >= 11 is 6.85. The summed E-state index contributed by atoms with van der Waals surface area (Å²) in [6.07, 6.45) is 0. The summed E-state index contributed by atoms with van der Waals surface area (Å²) in [6.45, 7) is 1.62. The second kappa shape index (κ2) is 8.99. The number of carbonyl (C=O) groups is 2. The average Bonchev–Trinajstić information content (AvgIpc) is 3.03. The molecule has 0 saturated heterocycles. The van der Waals surface area contributed by atoms with E-state index in [0.29, 0.717) is 20.8 Å². The highest BCUT2D eigenvalue weighted by Crippen LogP contribution is 2.21. The Morgan fingerprint density at radius 1 is 1.17 bits per heavy atom. The third-order valence-corrected chi connectivity index (χ3v) is 6.70. The molecule has 1 aromatic heterocycles. The minimum atomic E-state index is -4.07. The van der Waals surface area contributed by atoms with Gasteiger partial charge in [-0.15, -0.1) is 4.40 Å². The SMILES string of the molecule is CCOC(=O)Cn1c(=NS(=O)(=O)c2ccc(Cl)cc2)sc2cc(C(=O)OC)ccc21. The number of ether oxygens (including phenoxy) is 2. The summed E-state index contributed by atoms with van der Waals surface area (Å²) in [4.78, 5) is 23.9. The van der Waals surface area contributed by atoms with Crippen LogP contribution in [0.25, 0.3) is 10.2 Å². The van der Waals surface area contributed by atoms with Gasteiger partial charge in [0.25, 0.3) is 10.0 Å². The van der Waals surface area contributed by atoms with Gasteiger partial charge in [0.15, 0.2) is 0 Å². The van der Waals surface area contributed by atoms with Crippen LogP contribution in [0.4, 0.5) is 0 Å². The first-order valence-corrected chi connectivity index (χ1v) is 11.3. The van der Waals surface area contributed by atoms with Crippen LogP contribution >= 0.6 is 22.9 Å². The van der Waals surface area contributed by atoms with E-state index < -0.39 is 22.0 Å². The number of fused-ring (bicyclic) bond motifs is 1. The van der Waals surface area contributed by atoms with E-state index in [1.807, 2.05) is 0 Å². The quantitative estimate of drug-likeness (QED) is 0.515. The number of sulfonamides is 1. The van der Waals surface area contributed by atoms with Gasteiger partial charge in [-0.3, -0.25) is 4.79 Å². The van der Waals surface area contributed by atoms with Gasteiger partial charge in [-0.2, -0.15) is 8.42 Å². The molecule has 30 heavy (non-hydrogen) atoms. The normalized spacial score (nSPS) is 12.2. The number of methoxy groups -OCH3 is 1. The lowest BCUT2D eigenvalue weighted by Crippen LogP contribution is -2.23. The molecular weight excluding hydrogens is 452 g/mol. The molecule has 2 aromatic carbocycles. The molecule has 158 valence electrons. The van der Waals surface area contributed by atoms with Crippen molar-refractivity contribution in [3.05, 3.63) is 57.9 Å². The highest BCUT2D eigenvalue weighted by Gasteiger charge is 2.18. The molecule has 0 aliphatic heterocycles. The number of nitrogens with zero attached hydrogens (tertiary/aromatic N) is 2. The van der Waals surface area contributed by atoms with Crippen molar-refractivity contribution in [2.24, 2.45) is 4.40 Å². The highest BCUT2D eigenvalue weighted by atomic mass is 35.5. The van der Waals surface area contributed by atoms with Crippen LogP contribution in [0.5, 0.6) is 0 Å². The Kier molecular flexibility index (Phi) is 6.59. The van der Waals surface area contributed by atoms with E-state index in [2.05, 4.69) is 4.40 Å². The van der Waals surface area contributed by atoms with E-state index in [0.717, 1.165) is 11.3 Å². The van der Waals surface area contributed by atoms with E-state index >= 15 is 0 Å². The Labute approximate surface area is 181 Å². The fourth-order valence-electron chi connectivity index (χ4n) is 2.64. The van der Waals surface area contributed by atoms with E-state index in [-0.39, 0.29) is 22.8 Å². The van der Waals surface area contributed by atoms with E-state index in [4.69, 9.17) is 21.1 Å². The van der Waals surface area contributed by atoms with E-state index in [1.165, 1.54) is 42.0 Å². The molecule has 0 amide bonds. The lowest BCUT2D eigenvalue weighted by atomic mass is 10.2. The van der Waals surface area contributed by atoms with Crippen molar-refractivity contribution in [1.82, 2.24) is 4.57 Å². The summed E-state index contributed by atoms with van der Waals surface area (Å²) in [7, 11) is -2.80. The second-order valence-corrected chi connectivity index (χ2v) is 9.02. The predicted molar refractivity (Wildman–Crippen MR) is 112 cm³/mol. The summed E-state index contributed by atoms with van der Waals surface area (Å²) in [6, 6.07) is 10.3. The third-order valence-electron chi connectivity index (χ3n) is 4.01. The first-order valence-electron chi connectivity index (χ1n) is 8.69. The van der Waals surface area contributed by atoms with Gasteiger partial charge < -0.3 is 14.0 Å². The van der Waals surface area contributed by atoms with Gasteiger partial charge in [0, 0.05) is 5.02 Å². The van der Waals surface area contributed by atoms with Crippen LogP contribution in [0, 0.1) is 0 Å². The van der Waals surface area contributed by atoms with Gasteiger partial charge in [-0.1, -0.05) is 22.9 Å². The summed E-state index contributed by atoms with van der Waals surface area (Å²) in [5, 5.41) is 0.392. The Bertz CT molecular complexity index is 1280. The molecule has 0 aliphatic rings. The first kappa shape index (κ1) is 22.0. The van der Waals surface area contributed by atoms with E-state index in [9.17, 15) is 18.0 Å². The number of benzene rings is 2. The molecule has 11 heteroatoms. The third kappa shape index (κ3) is 4.72. The smallest absolute Gasteiger partial charge is 0.337 e. The van der Waals surface area contributed by atoms with Crippen molar-refractivity contribution < 1.29 is 27.5 Å². The maximum Gasteiger partial charge on any atom is 0.337 e. The monoisotopic (exact) mass is 468 g/mol. The minimum Gasteiger partial charge on any atom is -0.465 e. The van der Waals surface area contributed by atoms with Gasteiger partial charge in [-0.05, 0) is 49.4 Å². The maximum absolute atomic E-state index is 12.8. The van der Waals surface area contributed by atoms with Gasteiger partial charge in [0.2, 0.25) is 4.80 Å². The second-order valence-electron chi connectivity index (χ2n) is 5.97. The molecule has 1 heterocycles. The molecule has 0 atom stereocenters. The molecule has 0 unspecified atom stereocenters. The summed E-state index contributed by atoms with van der Waals surface area (Å²) in [5.74, 6) is -1.07. The van der Waals surface area contributed by atoms with Crippen LogP contribution in [-0.2, 0) is 30.8 Å². The minimum absolute atomic E-state index is 0.0395. The van der Waals surface area contributed by atoms with Crippen LogP contribution in [0.2, 0.25) is 5.02 Å². The molecule has 3 aromatic rings. The topological polar surface area (TPSA) is 104 Å². The maximum atomic E-state index is 12.8. The lowest BCUT2D eigenvalue weighted by Gasteiger charge is -2.06.